The van der Waals surface area contributed by atoms with Gasteiger partial charge < -0.3 is 0 Å². The second-order valence-corrected chi connectivity index (χ2v) is 7.44. The largest absolute Gasteiger partial charge is 0.279 e. The average Bonchev–Trinajstić information content (AvgIpc) is 3.25. The van der Waals surface area contributed by atoms with E-state index in [-0.39, 0.29) is 18.2 Å². The van der Waals surface area contributed by atoms with Crippen LogP contribution in [0.5, 0.6) is 0 Å². The number of nitrogens with one attached hydrogen (secondary N) is 2. The minimum absolute atomic E-state index is 0.230. The van der Waals surface area contributed by atoms with Crippen molar-refractivity contribution >= 4 is 28.9 Å². The Morgan fingerprint density at radius 2 is 2.00 bits per heavy atom. The van der Waals surface area contributed by atoms with Gasteiger partial charge in [-0.2, -0.15) is 10.1 Å². The van der Waals surface area contributed by atoms with E-state index in [1.807, 2.05) is 26.8 Å². The third-order valence-corrected chi connectivity index (χ3v) is 5.85. The van der Waals surface area contributed by atoms with Gasteiger partial charge in [-0.05, 0) is 50.8 Å². The molecule has 0 aromatic carbocycles. The Balaban J connectivity index is 1.57. The minimum atomic E-state index is -0.297. The molecular weight excluding hydrogens is 364 g/mol. The highest BCUT2D eigenvalue weighted by Gasteiger charge is 2.14. The van der Waals surface area contributed by atoms with Gasteiger partial charge in [0.05, 0.1) is 4.88 Å². The first-order valence-corrected chi connectivity index (χ1v) is 9.56. The number of amides is 2. The van der Waals surface area contributed by atoms with Crippen molar-refractivity contribution in [3.05, 3.63) is 44.7 Å². The molecule has 0 unspecified atom stereocenters. The summed E-state index contributed by atoms with van der Waals surface area (Å²) in [5.41, 5.74) is 8.75. The Morgan fingerprint density at radius 3 is 2.70 bits per heavy atom. The smallest absolute Gasteiger partial charge is 0.273 e. The molecule has 8 nitrogen and oxygen atoms in total. The molecule has 0 saturated heterocycles. The molecule has 0 aliphatic heterocycles. The molecule has 3 aromatic rings. The van der Waals surface area contributed by atoms with E-state index in [9.17, 15) is 9.59 Å². The van der Waals surface area contributed by atoms with Crippen LogP contribution in [0, 0.1) is 20.8 Å². The van der Waals surface area contributed by atoms with Crippen LogP contribution in [-0.4, -0.2) is 31.4 Å². The number of thiophene rings is 1. The number of fused-ring (bicyclic) bond motifs is 1. The van der Waals surface area contributed by atoms with Gasteiger partial charge >= 0.3 is 0 Å². The highest BCUT2D eigenvalue weighted by Crippen LogP contribution is 2.22. The van der Waals surface area contributed by atoms with Gasteiger partial charge in [0.1, 0.15) is 6.33 Å². The number of aryl methyl sites for hydroxylation is 4. The summed E-state index contributed by atoms with van der Waals surface area (Å²) in [6.45, 7) is 7.85. The van der Waals surface area contributed by atoms with Crippen molar-refractivity contribution in [2.24, 2.45) is 0 Å². The Morgan fingerprint density at radius 1 is 1.22 bits per heavy atom. The number of carbonyl (C=O) groups is 2. The summed E-state index contributed by atoms with van der Waals surface area (Å²) in [5.74, 6) is -0.0119. The van der Waals surface area contributed by atoms with Crippen LogP contribution in [0.2, 0.25) is 0 Å². The van der Waals surface area contributed by atoms with Gasteiger partial charge in [0, 0.05) is 22.7 Å². The maximum atomic E-state index is 12.2. The first-order valence-electron chi connectivity index (χ1n) is 8.75. The van der Waals surface area contributed by atoms with Crippen molar-refractivity contribution in [2.45, 2.75) is 47.0 Å². The van der Waals surface area contributed by atoms with E-state index in [4.69, 9.17) is 0 Å². The zero-order valence-corrected chi connectivity index (χ0v) is 16.6. The van der Waals surface area contributed by atoms with Crippen LogP contribution in [0.3, 0.4) is 0 Å². The monoisotopic (exact) mass is 386 g/mol. The predicted octanol–water partition coefficient (Wildman–Crippen LogP) is 2.07. The van der Waals surface area contributed by atoms with E-state index in [0.717, 1.165) is 28.9 Å². The van der Waals surface area contributed by atoms with Crippen molar-refractivity contribution in [3.8, 4) is 0 Å². The molecule has 0 fully saturated rings. The molecule has 27 heavy (non-hydrogen) atoms. The molecule has 0 radical (unpaired) electrons. The molecule has 2 N–H and O–H groups in total. The fourth-order valence-electron chi connectivity index (χ4n) is 2.99. The van der Waals surface area contributed by atoms with Crippen molar-refractivity contribution in [2.75, 3.05) is 0 Å². The zero-order chi connectivity index (χ0) is 19.6. The molecule has 3 rings (SSSR count). The van der Waals surface area contributed by atoms with Crippen LogP contribution >= 0.6 is 11.3 Å². The molecular formula is C18H22N6O2S. The molecule has 0 atom stereocenters. The van der Waals surface area contributed by atoms with Gasteiger partial charge in [0.25, 0.3) is 11.7 Å². The van der Waals surface area contributed by atoms with E-state index in [2.05, 4.69) is 32.8 Å². The van der Waals surface area contributed by atoms with E-state index in [1.54, 1.807) is 4.52 Å². The Kier molecular flexibility index (Phi) is 5.50. The summed E-state index contributed by atoms with van der Waals surface area (Å²) in [5, 5.41) is 4.14. The van der Waals surface area contributed by atoms with Crippen LogP contribution in [-0.2, 0) is 17.6 Å². The third-order valence-electron chi connectivity index (χ3n) is 4.47. The molecule has 142 valence electrons. The summed E-state index contributed by atoms with van der Waals surface area (Å²) < 4.78 is 1.66. The number of rotatable bonds is 5. The van der Waals surface area contributed by atoms with E-state index in [1.165, 1.54) is 22.5 Å². The maximum Gasteiger partial charge on any atom is 0.279 e. The number of hydrogen-bond acceptors (Lipinski definition) is 6. The molecule has 0 saturated carbocycles. The highest BCUT2D eigenvalue weighted by molar-refractivity contribution is 7.14. The Labute approximate surface area is 161 Å². The summed E-state index contributed by atoms with van der Waals surface area (Å²) in [4.78, 5) is 34.6. The number of hydrazine groups is 1. The van der Waals surface area contributed by atoms with Gasteiger partial charge in [-0.15, -0.1) is 11.3 Å². The SMILES string of the molecule is CCc1sc(C(=O)NNC(=O)CCc2c(C)nc3ncnn3c2C)cc1C. The quantitative estimate of drug-likeness (QED) is 0.654. The van der Waals surface area contributed by atoms with Crippen molar-refractivity contribution < 1.29 is 9.59 Å². The molecule has 9 heteroatoms. The number of carbonyl (C=O) groups excluding carboxylic acids is 2. The Hall–Kier alpha value is -2.81. The number of nitrogens with zero attached hydrogens (tertiary/aromatic N) is 4. The van der Waals surface area contributed by atoms with Crippen LogP contribution in [0.15, 0.2) is 12.4 Å². The predicted molar refractivity (Wildman–Crippen MR) is 103 cm³/mol. The molecule has 2 amide bonds. The third kappa shape index (κ3) is 3.97. The van der Waals surface area contributed by atoms with Crippen molar-refractivity contribution in [1.29, 1.82) is 0 Å². The van der Waals surface area contributed by atoms with Gasteiger partial charge in [0.15, 0.2) is 0 Å². The normalized spacial score (nSPS) is 11.0. The van der Waals surface area contributed by atoms with Crippen LogP contribution in [0.25, 0.3) is 5.78 Å². The first-order chi connectivity index (χ1) is 12.9. The van der Waals surface area contributed by atoms with Gasteiger partial charge in [-0.3, -0.25) is 20.4 Å². The van der Waals surface area contributed by atoms with Gasteiger partial charge in [-0.1, -0.05) is 6.92 Å². The molecule has 0 aliphatic rings. The molecule has 3 heterocycles. The molecule has 0 bridgehead atoms. The zero-order valence-electron chi connectivity index (χ0n) is 15.8. The van der Waals surface area contributed by atoms with Crippen LogP contribution in [0.1, 0.15) is 50.4 Å². The summed E-state index contributed by atoms with van der Waals surface area (Å²) in [6, 6.07) is 1.84. The van der Waals surface area contributed by atoms with Crippen molar-refractivity contribution in [3.63, 3.8) is 0 Å². The van der Waals surface area contributed by atoms with Gasteiger partial charge in [-0.25, -0.2) is 9.50 Å². The Bertz CT molecular complexity index is 1010. The van der Waals surface area contributed by atoms with Crippen molar-refractivity contribution in [1.82, 2.24) is 30.4 Å². The minimum Gasteiger partial charge on any atom is -0.273 e. The lowest BCUT2D eigenvalue weighted by Crippen LogP contribution is -2.41. The topological polar surface area (TPSA) is 101 Å². The fourth-order valence-corrected chi connectivity index (χ4v) is 4.00. The van der Waals surface area contributed by atoms with Crippen LogP contribution < -0.4 is 10.9 Å². The second kappa shape index (κ2) is 7.83. The molecule has 0 aliphatic carbocycles. The van der Waals surface area contributed by atoms with E-state index >= 15 is 0 Å². The summed E-state index contributed by atoms with van der Waals surface area (Å²) >= 11 is 1.45. The lowest BCUT2D eigenvalue weighted by atomic mass is 10.1. The second-order valence-electron chi connectivity index (χ2n) is 6.31. The molecule has 3 aromatic heterocycles. The standard InChI is InChI=1S/C18H22N6O2S/c1-5-14-10(2)8-15(27-14)17(26)23-22-16(25)7-6-13-11(3)21-18-19-9-20-24(18)12(13)4/h8-9H,5-7H2,1-4H3,(H,22,25)(H,23,26). The van der Waals surface area contributed by atoms with E-state index < -0.39 is 0 Å². The fraction of sp³-hybridized carbons (Fsp3) is 0.389. The number of aromatic nitrogens is 4. The van der Waals surface area contributed by atoms with Crippen LogP contribution in [0.4, 0.5) is 0 Å². The average molecular weight is 386 g/mol. The number of hydrogen-bond donors (Lipinski definition) is 2. The van der Waals surface area contributed by atoms with Gasteiger partial charge in [0.2, 0.25) is 5.91 Å². The highest BCUT2D eigenvalue weighted by atomic mass is 32.1. The summed E-state index contributed by atoms with van der Waals surface area (Å²) in [6.07, 6.45) is 3.07. The molecule has 0 spiro atoms. The maximum absolute atomic E-state index is 12.2. The lowest BCUT2D eigenvalue weighted by molar-refractivity contribution is -0.121. The first kappa shape index (κ1) is 19.0. The lowest BCUT2D eigenvalue weighted by Gasteiger charge is -2.10. The van der Waals surface area contributed by atoms with E-state index in [0.29, 0.717) is 17.1 Å². The summed E-state index contributed by atoms with van der Waals surface area (Å²) in [7, 11) is 0.